The van der Waals surface area contributed by atoms with Gasteiger partial charge in [0.15, 0.2) is 17.6 Å². The first-order valence-electron chi connectivity index (χ1n) is 15.7. The van der Waals surface area contributed by atoms with Gasteiger partial charge in [-0.05, 0) is 86.0 Å². The zero-order valence-corrected chi connectivity index (χ0v) is 26.6. The Bertz CT molecular complexity index is 1460. The molecule has 2 aromatic carbocycles. The maximum absolute atomic E-state index is 13.8. The summed E-state index contributed by atoms with van der Waals surface area (Å²) in [6, 6.07) is 14.1. The van der Waals surface area contributed by atoms with E-state index in [1.165, 1.54) is 18.4 Å². The summed E-state index contributed by atoms with van der Waals surface area (Å²) in [5.74, 6) is 1.92. The van der Waals surface area contributed by atoms with Crippen LogP contribution in [-0.4, -0.2) is 55.8 Å². The Morgan fingerprint density at radius 2 is 1.88 bits per heavy atom. The molecule has 2 aromatic rings. The molecule has 1 spiro atoms. The number of benzene rings is 2. The van der Waals surface area contributed by atoms with Crippen LogP contribution in [0.3, 0.4) is 0 Å². The van der Waals surface area contributed by atoms with Crippen molar-refractivity contribution in [2.75, 3.05) is 13.1 Å². The molecule has 0 unspecified atom stereocenters. The van der Waals surface area contributed by atoms with Crippen molar-refractivity contribution < 1.29 is 23.5 Å². The Labute approximate surface area is 250 Å². The van der Waals surface area contributed by atoms with Gasteiger partial charge in [0.25, 0.3) is 8.32 Å². The van der Waals surface area contributed by atoms with Crippen LogP contribution in [0.2, 0.25) is 18.1 Å². The molecular weight excluding hydrogens is 542 g/mol. The van der Waals surface area contributed by atoms with E-state index in [1.54, 1.807) is 6.08 Å². The number of rotatable bonds is 7. The topological polar surface area (TPSA) is 65.1 Å². The van der Waals surface area contributed by atoms with Gasteiger partial charge in [-0.15, -0.1) is 0 Å². The summed E-state index contributed by atoms with van der Waals surface area (Å²) in [7, 11) is -2.18. The van der Waals surface area contributed by atoms with Crippen molar-refractivity contribution in [2.45, 2.75) is 101 Å². The molecule has 3 aliphatic carbocycles. The third-order valence-corrected chi connectivity index (χ3v) is 15.5. The van der Waals surface area contributed by atoms with Gasteiger partial charge in [-0.2, -0.15) is 0 Å². The number of ketones is 1. The maximum Gasteiger partial charge on any atom is 0.331 e. The molecule has 0 aromatic heterocycles. The molecule has 2 bridgehead atoms. The van der Waals surface area contributed by atoms with Gasteiger partial charge in [0.05, 0.1) is 11.5 Å². The summed E-state index contributed by atoms with van der Waals surface area (Å²) in [5.41, 5.74) is 1.68. The molecule has 42 heavy (non-hydrogen) atoms. The Balaban J connectivity index is 1.35. The molecule has 7 heteroatoms. The summed E-state index contributed by atoms with van der Waals surface area (Å²) >= 11 is 0. The molecule has 0 radical (unpaired) electrons. The molecule has 4 atom stereocenters. The Kier molecular flexibility index (Phi) is 6.34. The third-order valence-electron chi connectivity index (χ3n) is 11.2. The second-order valence-corrected chi connectivity index (χ2v) is 19.4. The van der Waals surface area contributed by atoms with Crippen LogP contribution in [0, 0.1) is 5.92 Å². The van der Waals surface area contributed by atoms with E-state index >= 15 is 0 Å². The average molecular weight is 586 g/mol. The van der Waals surface area contributed by atoms with Gasteiger partial charge in [0.2, 0.25) is 0 Å². The lowest BCUT2D eigenvalue weighted by Crippen LogP contribution is -2.77. The zero-order valence-electron chi connectivity index (χ0n) is 25.6. The van der Waals surface area contributed by atoms with E-state index in [-0.39, 0.29) is 22.8 Å². The third kappa shape index (κ3) is 4.14. The van der Waals surface area contributed by atoms with E-state index in [2.05, 4.69) is 50.9 Å². The molecule has 0 amide bonds. The highest BCUT2D eigenvalue weighted by molar-refractivity contribution is 6.74. The van der Waals surface area contributed by atoms with E-state index < -0.39 is 25.4 Å². The monoisotopic (exact) mass is 585 g/mol. The number of piperidine rings is 1. The van der Waals surface area contributed by atoms with E-state index in [9.17, 15) is 9.59 Å². The van der Waals surface area contributed by atoms with Crippen LogP contribution < -0.4 is 9.16 Å². The van der Waals surface area contributed by atoms with Crippen molar-refractivity contribution in [1.29, 1.82) is 0 Å². The van der Waals surface area contributed by atoms with Gasteiger partial charge >= 0.3 is 5.97 Å². The fraction of sp³-hybridized carbons (Fsp3) is 0.543. The number of carbonyl (C=O) groups is 2. The minimum Gasteiger partial charge on any atom is -0.541 e. The van der Waals surface area contributed by atoms with Gasteiger partial charge in [0, 0.05) is 24.6 Å². The summed E-state index contributed by atoms with van der Waals surface area (Å²) in [6.45, 7) is 13.1. The Hall–Kier alpha value is -2.90. The zero-order chi connectivity index (χ0) is 29.5. The predicted octanol–water partition coefficient (Wildman–Crippen LogP) is 6.47. The number of hydrogen-bond acceptors (Lipinski definition) is 6. The summed E-state index contributed by atoms with van der Waals surface area (Å²) in [5, 5.41) is 0.0126. The number of carbonyl (C=O) groups excluding carboxylic acids is 2. The summed E-state index contributed by atoms with van der Waals surface area (Å²) in [4.78, 5) is 30.0. The van der Waals surface area contributed by atoms with Crippen LogP contribution in [0.1, 0.15) is 69.6 Å². The van der Waals surface area contributed by atoms with Crippen LogP contribution >= 0.6 is 0 Å². The minimum absolute atomic E-state index is 0.00531. The number of nitrogens with zero attached hydrogens (tertiary/aromatic N) is 1. The first kappa shape index (κ1) is 27.9. The van der Waals surface area contributed by atoms with Gasteiger partial charge in [-0.3, -0.25) is 9.69 Å². The molecule has 5 aliphatic rings. The Morgan fingerprint density at radius 1 is 1.12 bits per heavy atom. The molecule has 1 saturated heterocycles. The quantitative estimate of drug-likeness (QED) is 0.211. The lowest BCUT2D eigenvalue weighted by atomic mass is 9.48. The minimum atomic E-state index is -2.18. The molecule has 222 valence electrons. The van der Waals surface area contributed by atoms with Crippen molar-refractivity contribution in [3.8, 4) is 11.5 Å². The number of esters is 1. The molecular formula is C35H43NO5Si. The van der Waals surface area contributed by atoms with Crippen LogP contribution in [0.5, 0.6) is 11.5 Å². The number of hydrogen-bond donors (Lipinski definition) is 0. The number of likely N-dealkylation sites (tertiary alicyclic amines) is 1. The molecule has 6 nitrogen and oxygen atoms in total. The largest absolute Gasteiger partial charge is 0.541 e. The van der Waals surface area contributed by atoms with E-state index in [0.717, 1.165) is 42.8 Å². The molecule has 2 aliphatic heterocycles. The standard InChI is InChI=1S/C35H43NO5Si/c1-33(2,3)42(4,5)41-27-15-14-25-21-28-35(40-29(38)16-13-23-9-7-6-8-10-23)18-17-26(37)32-34(35,30(25)31(27)39-32)19-20-36(28)22-24-11-12-24/h6-10,13-16,24,28,32H,11-12,17-22H2,1-5H3/b16-13+/t28-,32+,34+,35-/m1/s1. The van der Waals surface area contributed by atoms with E-state index in [1.807, 2.05) is 36.4 Å². The SMILES string of the molecule is CC(C)(C)[Si](C)(C)Oc1ccc2c3c1O[C@H]1C(=O)CC[C@@]4(OC(=O)/C=C/c5ccccc5)[C@@H](C2)N(CC2CC2)CC[C@]314. The smallest absolute Gasteiger partial charge is 0.331 e. The fourth-order valence-electron chi connectivity index (χ4n) is 7.88. The predicted molar refractivity (Wildman–Crippen MR) is 165 cm³/mol. The molecule has 2 heterocycles. The normalized spacial score (nSPS) is 30.2. The second kappa shape index (κ2) is 9.55. The van der Waals surface area contributed by atoms with Crippen molar-refractivity contribution in [3.05, 3.63) is 65.2 Å². The van der Waals surface area contributed by atoms with Crippen molar-refractivity contribution in [2.24, 2.45) is 5.92 Å². The molecule has 2 saturated carbocycles. The molecule has 0 N–H and O–H groups in total. The van der Waals surface area contributed by atoms with Crippen LogP contribution in [-0.2, 0) is 26.2 Å². The van der Waals surface area contributed by atoms with E-state index in [0.29, 0.717) is 24.5 Å². The van der Waals surface area contributed by atoms with Crippen molar-refractivity contribution >= 4 is 26.1 Å². The lowest BCUT2D eigenvalue weighted by Gasteiger charge is -2.63. The highest BCUT2D eigenvalue weighted by atomic mass is 28.4. The first-order valence-corrected chi connectivity index (χ1v) is 18.6. The molecule has 3 fully saturated rings. The summed E-state index contributed by atoms with van der Waals surface area (Å²) < 4.78 is 20.4. The second-order valence-electron chi connectivity index (χ2n) is 14.7. The van der Waals surface area contributed by atoms with Crippen molar-refractivity contribution in [3.63, 3.8) is 0 Å². The van der Waals surface area contributed by atoms with Crippen molar-refractivity contribution in [1.82, 2.24) is 4.90 Å². The highest BCUT2D eigenvalue weighted by Crippen LogP contribution is 2.66. The van der Waals surface area contributed by atoms with Crippen LogP contribution in [0.4, 0.5) is 0 Å². The van der Waals surface area contributed by atoms with Gasteiger partial charge < -0.3 is 13.9 Å². The number of Topliss-reactive ketones (excluding diaryl/α,β-unsaturated/α-hetero) is 1. The van der Waals surface area contributed by atoms with E-state index in [4.69, 9.17) is 13.9 Å². The average Bonchev–Trinajstić information content (AvgIpc) is 3.68. The van der Waals surface area contributed by atoms with Crippen LogP contribution in [0.15, 0.2) is 48.5 Å². The maximum atomic E-state index is 13.8. The van der Waals surface area contributed by atoms with Crippen LogP contribution in [0.25, 0.3) is 6.08 Å². The van der Waals surface area contributed by atoms with Gasteiger partial charge in [-0.25, -0.2) is 4.79 Å². The first-order chi connectivity index (χ1) is 20.0. The number of ether oxygens (including phenoxy) is 2. The summed E-state index contributed by atoms with van der Waals surface area (Å²) in [6.07, 6.45) is 7.60. The van der Waals surface area contributed by atoms with Gasteiger partial charge in [-0.1, -0.05) is 57.2 Å². The molecule has 7 rings (SSSR count). The highest BCUT2D eigenvalue weighted by Gasteiger charge is 2.75. The van der Waals surface area contributed by atoms with Gasteiger partial charge in [0.1, 0.15) is 11.4 Å². The fourth-order valence-corrected chi connectivity index (χ4v) is 8.90. The lowest BCUT2D eigenvalue weighted by molar-refractivity contribution is -0.212. The Morgan fingerprint density at radius 3 is 2.60 bits per heavy atom.